The van der Waals surface area contributed by atoms with Crippen LogP contribution in [0.25, 0.3) is 0 Å². The Kier molecular flexibility index (Phi) is 5.09. The summed E-state index contributed by atoms with van der Waals surface area (Å²) in [6, 6.07) is 14.0. The van der Waals surface area contributed by atoms with Gasteiger partial charge in [0.1, 0.15) is 12.4 Å². The Hall–Kier alpha value is -1.91. The van der Waals surface area contributed by atoms with Crippen molar-refractivity contribution in [2.45, 2.75) is 20.5 Å². The predicted molar refractivity (Wildman–Crippen MR) is 84.3 cm³/mol. The van der Waals surface area contributed by atoms with E-state index >= 15 is 0 Å². The first kappa shape index (κ1) is 14.5. The average molecular weight is 285 g/mol. The van der Waals surface area contributed by atoms with Gasteiger partial charge in [0, 0.05) is 0 Å². The van der Waals surface area contributed by atoms with Crippen LogP contribution in [-0.4, -0.2) is 5.88 Å². The average Bonchev–Trinajstić information content (AvgIpc) is 2.45. The lowest BCUT2D eigenvalue weighted by Gasteiger charge is -2.12. The van der Waals surface area contributed by atoms with E-state index in [4.69, 9.17) is 16.3 Å². The monoisotopic (exact) mass is 284 g/mol. The normalized spacial score (nSPS) is 9.75. The third-order valence-corrected chi connectivity index (χ3v) is 3.33. The van der Waals surface area contributed by atoms with Crippen molar-refractivity contribution in [2.75, 3.05) is 5.88 Å². The summed E-state index contributed by atoms with van der Waals surface area (Å²) in [5.74, 6) is 7.01. The van der Waals surface area contributed by atoms with E-state index in [-0.39, 0.29) is 0 Å². The second-order valence-corrected chi connectivity index (χ2v) is 4.86. The molecule has 1 nitrogen and oxygen atoms in total. The molecular formula is C18H17ClO. The summed E-state index contributed by atoms with van der Waals surface area (Å²) < 4.78 is 5.94. The van der Waals surface area contributed by atoms with Crippen molar-refractivity contribution in [2.24, 2.45) is 0 Å². The number of aryl methyl sites for hydroxylation is 2. The van der Waals surface area contributed by atoms with E-state index in [1.807, 2.05) is 24.3 Å². The first-order valence-electron chi connectivity index (χ1n) is 6.54. The van der Waals surface area contributed by atoms with Gasteiger partial charge in [0.05, 0.1) is 11.4 Å². The van der Waals surface area contributed by atoms with Gasteiger partial charge in [0.25, 0.3) is 0 Å². The summed E-state index contributed by atoms with van der Waals surface area (Å²) in [4.78, 5) is 0. The quantitative estimate of drug-likeness (QED) is 0.597. The number of rotatable bonds is 3. The number of benzene rings is 2. The molecule has 2 heteroatoms. The molecule has 0 bridgehead atoms. The lowest BCUT2D eigenvalue weighted by molar-refractivity contribution is 0.304. The molecule has 0 aliphatic heterocycles. The highest BCUT2D eigenvalue weighted by Crippen LogP contribution is 2.20. The molecule has 2 aromatic rings. The summed E-state index contributed by atoms with van der Waals surface area (Å²) in [6.07, 6.45) is 0. The molecule has 0 aliphatic carbocycles. The van der Waals surface area contributed by atoms with Crippen LogP contribution in [0.5, 0.6) is 5.75 Å². The van der Waals surface area contributed by atoms with E-state index in [2.05, 4.69) is 43.9 Å². The van der Waals surface area contributed by atoms with Crippen LogP contribution in [0.3, 0.4) is 0 Å². The lowest BCUT2D eigenvalue weighted by Crippen LogP contribution is -2.01. The minimum absolute atomic E-state index is 0.325. The van der Waals surface area contributed by atoms with Crippen LogP contribution in [0, 0.1) is 25.7 Å². The van der Waals surface area contributed by atoms with Gasteiger partial charge in [-0.2, -0.15) is 0 Å². The molecule has 102 valence electrons. The number of hydrogen-bond acceptors (Lipinski definition) is 1. The number of ether oxygens (including phenoxy) is 1. The van der Waals surface area contributed by atoms with Crippen LogP contribution in [0.1, 0.15) is 22.3 Å². The third kappa shape index (κ3) is 3.56. The van der Waals surface area contributed by atoms with Gasteiger partial charge in [-0.3, -0.25) is 0 Å². The maximum absolute atomic E-state index is 5.94. The number of halogens is 1. The van der Waals surface area contributed by atoms with Crippen LogP contribution in [0.4, 0.5) is 0 Å². The fourth-order valence-electron chi connectivity index (χ4n) is 2.05. The highest BCUT2D eigenvalue weighted by molar-refractivity contribution is 6.19. The molecule has 0 fully saturated rings. The van der Waals surface area contributed by atoms with Crippen LogP contribution in [-0.2, 0) is 6.61 Å². The van der Waals surface area contributed by atoms with Crippen molar-refractivity contribution >= 4 is 11.6 Å². The molecule has 0 amide bonds. The van der Waals surface area contributed by atoms with Gasteiger partial charge < -0.3 is 4.74 Å². The van der Waals surface area contributed by atoms with E-state index in [0.717, 1.165) is 11.3 Å². The van der Waals surface area contributed by atoms with Gasteiger partial charge in [-0.1, -0.05) is 42.2 Å². The van der Waals surface area contributed by atoms with Gasteiger partial charge in [-0.25, -0.2) is 0 Å². The van der Waals surface area contributed by atoms with Crippen LogP contribution in [0.15, 0.2) is 42.5 Å². The van der Waals surface area contributed by atoms with Gasteiger partial charge in [0.15, 0.2) is 0 Å². The molecule has 0 spiro atoms. The molecule has 0 atom stereocenters. The molecule has 2 rings (SSSR count). The Morgan fingerprint density at radius 3 is 2.40 bits per heavy atom. The Labute approximate surface area is 125 Å². The van der Waals surface area contributed by atoms with Gasteiger partial charge in [-0.15, -0.1) is 11.6 Å². The van der Waals surface area contributed by atoms with E-state index in [1.165, 1.54) is 16.7 Å². The van der Waals surface area contributed by atoms with Crippen LogP contribution in [0.2, 0.25) is 0 Å². The largest absolute Gasteiger partial charge is 0.488 e. The topological polar surface area (TPSA) is 9.23 Å². The third-order valence-electron chi connectivity index (χ3n) is 3.19. The lowest BCUT2D eigenvalue weighted by atomic mass is 10.0. The molecule has 20 heavy (non-hydrogen) atoms. The van der Waals surface area contributed by atoms with Gasteiger partial charge in [-0.05, 0) is 42.7 Å². The fraction of sp³-hybridized carbons (Fsp3) is 0.222. The van der Waals surface area contributed by atoms with Crippen molar-refractivity contribution in [3.8, 4) is 17.6 Å². The highest BCUT2D eigenvalue weighted by atomic mass is 35.5. The minimum atomic E-state index is 0.325. The van der Waals surface area contributed by atoms with E-state index in [9.17, 15) is 0 Å². The first-order chi connectivity index (χ1) is 9.72. The van der Waals surface area contributed by atoms with Crippen molar-refractivity contribution in [1.82, 2.24) is 0 Å². The summed E-state index contributed by atoms with van der Waals surface area (Å²) in [5, 5.41) is 0. The number of para-hydroxylation sites is 1. The molecule has 0 saturated heterocycles. The summed E-state index contributed by atoms with van der Waals surface area (Å²) in [6.45, 7) is 4.76. The van der Waals surface area contributed by atoms with Gasteiger partial charge in [0.2, 0.25) is 0 Å². The summed E-state index contributed by atoms with van der Waals surface area (Å²) in [5.41, 5.74) is 4.59. The summed E-state index contributed by atoms with van der Waals surface area (Å²) in [7, 11) is 0. The standard InChI is InChI=1S/C18H17ClO/c1-14-7-5-8-15(2)17(14)13-20-18-11-4-3-9-16(18)10-6-12-19/h3-5,7-9,11H,12-13H2,1-2H3. The molecule has 0 saturated carbocycles. The van der Waals surface area contributed by atoms with Crippen LogP contribution >= 0.6 is 11.6 Å². The highest BCUT2D eigenvalue weighted by Gasteiger charge is 2.05. The molecule has 0 aromatic heterocycles. The van der Waals surface area contributed by atoms with Crippen molar-refractivity contribution < 1.29 is 4.74 Å². The molecule has 0 aliphatic rings. The van der Waals surface area contributed by atoms with Crippen molar-refractivity contribution in [1.29, 1.82) is 0 Å². The zero-order valence-electron chi connectivity index (χ0n) is 11.7. The number of hydrogen-bond donors (Lipinski definition) is 0. The second-order valence-electron chi connectivity index (χ2n) is 4.59. The Balaban J connectivity index is 2.19. The first-order valence-corrected chi connectivity index (χ1v) is 7.07. The van der Waals surface area contributed by atoms with E-state index in [0.29, 0.717) is 12.5 Å². The summed E-state index contributed by atoms with van der Waals surface area (Å²) >= 11 is 5.60. The molecule has 0 N–H and O–H groups in total. The van der Waals surface area contributed by atoms with Crippen molar-refractivity contribution in [3.05, 3.63) is 64.7 Å². The Bertz CT molecular complexity index is 630. The minimum Gasteiger partial charge on any atom is -0.488 e. The van der Waals surface area contributed by atoms with Gasteiger partial charge >= 0.3 is 0 Å². The number of alkyl halides is 1. The molecular weight excluding hydrogens is 268 g/mol. The second kappa shape index (κ2) is 7.03. The van der Waals surface area contributed by atoms with Crippen molar-refractivity contribution in [3.63, 3.8) is 0 Å². The molecule has 2 aromatic carbocycles. The SMILES string of the molecule is Cc1cccc(C)c1COc1ccccc1C#CCCl. The van der Waals surface area contributed by atoms with E-state index in [1.54, 1.807) is 0 Å². The smallest absolute Gasteiger partial charge is 0.135 e. The Morgan fingerprint density at radius 1 is 1.00 bits per heavy atom. The Morgan fingerprint density at radius 2 is 1.70 bits per heavy atom. The zero-order chi connectivity index (χ0) is 14.4. The maximum atomic E-state index is 5.94. The molecule has 0 unspecified atom stereocenters. The maximum Gasteiger partial charge on any atom is 0.135 e. The molecule has 0 heterocycles. The van der Waals surface area contributed by atoms with Crippen LogP contribution < -0.4 is 4.74 Å². The molecule has 0 radical (unpaired) electrons. The fourth-order valence-corrected chi connectivity index (χ4v) is 2.12. The zero-order valence-corrected chi connectivity index (χ0v) is 12.5. The van der Waals surface area contributed by atoms with E-state index < -0.39 is 0 Å². The predicted octanol–water partition coefficient (Wildman–Crippen LogP) is 4.47.